The van der Waals surface area contributed by atoms with Crippen LogP contribution in [0.25, 0.3) is 0 Å². The molecule has 0 bridgehead atoms. The van der Waals surface area contributed by atoms with Gasteiger partial charge in [0.25, 0.3) is 0 Å². The van der Waals surface area contributed by atoms with Crippen LogP contribution < -0.4 is 10.6 Å². The highest BCUT2D eigenvalue weighted by Crippen LogP contribution is 1.88. The maximum absolute atomic E-state index is 3.34. The molecule has 0 saturated carbocycles. The molecule has 0 aliphatic rings. The lowest BCUT2D eigenvalue weighted by Crippen LogP contribution is -2.29. The predicted octanol–water partition coefficient (Wildman–Crippen LogP) is 3.03. The highest BCUT2D eigenvalue weighted by molar-refractivity contribution is 4.56. The lowest BCUT2D eigenvalue weighted by Gasteiger charge is -2.10. The van der Waals surface area contributed by atoms with E-state index in [9.17, 15) is 0 Å². The summed E-state index contributed by atoms with van der Waals surface area (Å²) in [6.45, 7) is 18.5. The van der Waals surface area contributed by atoms with E-state index in [1.165, 1.54) is 0 Å². The van der Waals surface area contributed by atoms with E-state index in [1.54, 1.807) is 0 Å². The van der Waals surface area contributed by atoms with Crippen LogP contribution >= 0.6 is 0 Å². The summed E-state index contributed by atoms with van der Waals surface area (Å²) in [5.41, 5.74) is 0. The van der Waals surface area contributed by atoms with Gasteiger partial charge in [0, 0.05) is 18.1 Å². The Kier molecular flexibility index (Phi) is 12.1. The minimum absolute atomic E-state index is 0.625. The summed E-state index contributed by atoms with van der Waals surface area (Å²) in [4.78, 5) is 0. The van der Waals surface area contributed by atoms with Crippen molar-refractivity contribution in [2.75, 3.05) is 6.54 Å². The van der Waals surface area contributed by atoms with Gasteiger partial charge >= 0.3 is 0 Å². The minimum Gasteiger partial charge on any atom is -0.314 e. The molecule has 0 atom stereocenters. The molecule has 0 aromatic rings. The van der Waals surface area contributed by atoms with E-state index in [4.69, 9.17) is 0 Å². The molecule has 0 aromatic heterocycles. The van der Waals surface area contributed by atoms with Crippen molar-refractivity contribution in [2.24, 2.45) is 5.92 Å². The van der Waals surface area contributed by atoms with Gasteiger partial charge in [-0.2, -0.15) is 0 Å². The molecule has 0 heterocycles. The molecular formula is C13H32N2. The van der Waals surface area contributed by atoms with E-state index in [2.05, 4.69) is 66.0 Å². The number of rotatable bonds is 5. The van der Waals surface area contributed by atoms with Crippen LogP contribution in [0, 0.1) is 5.92 Å². The molecular weight excluding hydrogens is 184 g/mol. The molecule has 0 amide bonds. The Hall–Kier alpha value is -0.0800. The van der Waals surface area contributed by atoms with E-state index >= 15 is 0 Å². The second-order valence-corrected chi connectivity index (χ2v) is 5.43. The molecule has 15 heavy (non-hydrogen) atoms. The first-order valence-electron chi connectivity index (χ1n) is 6.25. The summed E-state index contributed by atoms with van der Waals surface area (Å²) in [5, 5.41) is 6.65. The largest absolute Gasteiger partial charge is 0.314 e. The SMILES string of the molecule is CC(C)CNC(C)C.CC(C)NC(C)C. The maximum atomic E-state index is 3.34. The summed E-state index contributed by atoms with van der Waals surface area (Å²) in [6.07, 6.45) is 0. The van der Waals surface area contributed by atoms with Crippen molar-refractivity contribution < 1.29 is 0 Å². The second-order valence-electron chi connectivity index (χ2n) is 5.43. The third kappa shape index (κ3) is 24.9. The van der Waals surface area contributed by atoms with Crippen molar-refractivity contribution in [2.45, 2.75) is 73.5 Å². The fourth-order valence-electron chi connectivity index (χ4n) is 1.14. The van der Waals surface area contributed by atoms with Crippen molar-refractivity contribution in [3.63, 3.8) is 0 Å². The van der Waals surface area contributed by atoms with Crippen LogP contribution in [0.2, 0.25) is 0 Å². The van der Waals surface area contributed by atoms with Gasteiger partial charge in [-0.15, -0.1) is 0 Å². The molecule has 2 heteroatoms. The smallest absolute Gasteiger partial charge is 0.00127 e. The monoisotopic (exact) mass is 216 g/mol. The first kappa shape index (κ1) is 17.3. The molecule has 0 spiro atoms. The van der Waals surface area contributed by atoms with Gasteiger partial charge in [-0.3, -0.25) is 0 Å². The van der Waals surface area contributed by atoms with Gasteiger partial charge in [0.15, 0.2) is 0 Å². The van der Waals surface area contributed by atoms with Gasteiger partial charge in [0.05, 0.1) is 0 Å². The van der Waals surface area contributed by atoms with Crippen molar-refractivity contribution in [3.05, 3.63) is 0 Å². The Morgan fingerprint density at radius 1 is 0.667 bits per heavy atom. The average Bonchev–Trinajstić information content (AvgIpc) is 1.99. The van der Waals surface area contributed by atoms with Crippen LogP contribution in [0.15, 0.2) is 0 Å². The van der Waals surface area contributed by atoms with Crippen LogP contribution in [0.3, 0.4) is 0 Å². The maximum Gasteiger partial charge on any atom is 0.00127 e. The van der Waals surface area contributed by atoms with E-state index < -0.39 is 0 Å². The molecule has 0 saturated heterocycles. The summed E-state index contributed by atoms with van der Waals surface area (Å²) >= 11 is 0. The molecule has 0 aliphatic carbocycles. The van der Waals surface area contributed by atoms with Gasteiger partial charge in [-0.1, -0.05) is 55.4 Å². The molecule has 0 fully saturated rings. The third-order valence-corrected chi connectivity index (χ3v) is 1.60. The highest BCUT2D eigenvalue weighted by Gasteiger charge is 1.93. The topological polar surface area (TPSA) is 24.1 Å². The van der Waals surface area contributed by atoms with Gasteiger partial charge in [-0.25, -0.2) is 0 Å². The zero-order valence-corrected chi connectivity index (χ0v) is 12.0. The van der Waals surface area contributed by atoms with Crippen molar-refractivity contribution >= 4 is 0 Å². The molecule has 0 radical (unpaired) electrons. The molecule has 0 aromatic carbocycles. The van der Waals surface area contributed by atoms with E-state index in [1.807, 2.05) is 0 Å². The fraction of sp³-hybridized carbons (Fsp3) is 1.00. The van der Waals surface area contributed by atoms with E-state index in [0.717, 1.165) is 12.5 Å². The molecule has 94 valence electrons. The Balaban J connectivity index is 0. The standard InChI is InChI=1S/C7H17N.C6H15N/c1-6(2)5-8-7(3)4;1-5(2)7-6(3)4/h6-8H,5H2,1-4H3;5-7H,1-4H3. The fourth-order valence-corrected chi connectivity index (χ4v) is 1.14. The number of hydrogen-bond acceptors (Lipinski definition) is 2. The Bertz CT molecular complexity index is 104. The second kappa shape index (κ2) is 10.4. The summed E-state index contributed by atoms with van der Waals surface area (Å²) in [7, 11) is 0. The van der Waals surface area contributed by atoms with Gasteiger partial charge < -0.3 is 10.6 Å². The van der Waals surface area contributed by atoms with Gasteiger partial charge in [0.2, 0.25) is 0 Å². The molecule has 0 unspecified atom stereocenters. The highest BCUT2D eigenvalue weighted by atomic mass is 14.9. The molecule has 2 nitrogen and oxygen atoms in total. The van der Waals surface area contributed by atoms with Gasteiger partial charge in [-0.05, 0) is 12.5 Å². The van der Waals surface area contributed by atoms with E-state index in [-0.39, 0.29) is 0 Å². The lowest BCUT2D eigenvalue weighted by atomic mass is 10.2. The van der Waals surface area contributed by atoms with Crippen LogP contribution in [-0.2, 0) is 0 Å². The Labute approximate surface area is 97.2 Å². The van der Waals surface area contributed by atoms with Gasteiger partial charge in [0.1, 0.15) is 0 Å². The predicted molar refractivity (Wildman–Crippen MR) is 71.4 cm³/mol. The summed E-state index contributed by atoms with van der Waals surface area (Å²) < 4.78 is 0. The van der Waals surface area contributed by atoms with Crippen LogP contribution in [0.1, 0.15) is 55.4 Å². The number of hydrogen-bond donors (Lipinski definition) is 2. The molecule has 2 N–H and O–H groups in total. The van der Waals surface area contributed by atoms with Crippen LogP contribution in [0.4, 0.5) is 0 Å². The normalized spacial score (nSPS) is 11.2. The zero-order chi connectivity index (χ0) is 12.4. The summed E-state index contributed by atoms with van der Waals surface area (Å²) in [5.74, 6) is 0.775. The van der Waals surface area contributed by atoms with E-state index in [0.29, 0.717) is 18.1 Å². The molecule has 0 aliphatic heterocycles. The number of nitrogens with one attached hydrogen (secondary N) is 2. The summed E-state index contributed by atoms with van der Waals surface area (Å²) in [6, 6.07) is 1.89. The van der Waals surface area contributed by atoms with Crippen molar-refractivity contribution in [3.8, 4) is 0 Å². The Morgan fingerprint density at radius 3 is 1.13 bits per heavy atom. The molecule has 0 rings (SSSR count). The first-order chi connectivity index (χ1) is 6.75. The minimum atomic E-state index is 0.625. The first-order valence-corrected chi connectivity index (χ1v) is 6.25. The van der Waals surface area contributed by atoms with Crippen molar-refractivity contribution in [1.29, 1.82) is 0 Å². The zero-order valence-electron chi connectivity index (χ0n) is 12.0. The lowest BCUT2D eigenvalue weighted by molar-refractivity contribution is 0.505. The third-order valence-electron chi connectivity index (χ3n) is 1.60. The quantitative estimate of drug-likeness (QED) is 0.738. The average molecular weight is 216 g/mol. The van der Waals surface area contributed by atoms with Crippen LogP contribution in [-0.4, -0.2) is 24.7 Å². The Morgan fingerprint density at radius 2 is 1.07 bits per heavy atom. The van der Waals surface area contributed by atoms with Crippen molar-refractivity contribution in [1.82, 2.24) is 10.6 Å². The van der Waals surface area contributed by atoms with Crippen LogP contribution in [0.5, 0.6) is 0 Å².